The van der Waals surface area contributed by atoms with Crippen molar-refractivity contribution in [3.63, 3.8) is 0 Å². The van der Waals surface area contributed by atoms with Crippen molar-refractivity contribution in [2.45, 2.75) is 6.42 Å². The molecule has 2 aromatic rings. The Labute approximate surface area is 192 Å². The summed E-state index contributed by atoms with van der Waals surface area (Å²) in [6.45, 7) is 2.96. The maximum absolute atomic E-state index is 12.5. The van der Waals surface area contributed by atoms with Gasteiger partial charge in [-0.1, -0.05) is 12.1 Å². The van der Waals surface area contributed by atoms with Crippen molar-refractivity contribution in [1.29, 1.82) is 0 Å². The molecule has 0 bridgehead atoms. The molecule has 33 heavy (non-hydrogen) atoms. The van der Waals surface area contributed by atoms with Gasteiger partial charge in [0.1, 0.15) is 5.75 Å². The summed E-state index contributed by atoms with van der Waals surface area (Å²) in [5.74, 6) is -0.192. The Morgan fingerprint density at radius 1 is 1.06 bits per heavy atom. The lowest BCUT2D eigenvalue weighted by Crippen LogP contribution is -2.37. The minimum absolute atomic E-state index is 0.204. The van der Waals surface area contributed by atoms with E-state index in [1.54, 1.807) is 36.4 Å². The Hall–Kier alpha value is -4.01. The molecule has 176 valence electrons. The highest BCUT2D eigenvalue weighted by molar-refractivity contribution is 5.96. The molecule has 0 unspecified atom stereocenters. The van der Waals surface area contributed by atoms with Crippen LogP contribution in [0.1, 0.15) is 15.9 Å². The molecule has 0 saturated carbocycles. The number of hydrogen-bond acceptors (Lipinski definition) is 7. The minimum Gasteiger partial charge on any atom is -0.497 e. The van der Waals surface area contributed by atoms with E-state index in [4.69, 9.17) is 18.9 Å². The molecular formula is C24H28N2O7. The first-order valence-corrected chi connectivity index (χ1v) is 10.0. The molecule has 0 fully saturated rings. The zero-order chi connectivity index (χ0) is 24.4. The van der Waals surface area contributed by atoms with E-state index < -0.39 is 24.4 Å². The maximum Gasteiger partial charge on any atom is 0.338 e. The molecule has 9 heteroatoms. The molecule has 9 nitrogen and oxygen atoms in total. The number of esters is 1. The fraction of sp³-hybridized carbons (Fsp3) is 0.292. The third-order valence-electron chi connectivity index (χ3n) is 4.64. The molecule has 2 aromatic carbocycles. The van der Waals surface area contributed by atoms with Gasteiger partial charge >= 0.3 is 5.97 Å². The number of carbonyl (C=O) groups excluding carboxylic acids is 3. The first kappa shape index (κ1) is 25.3. The van der Waals surface area contributed by atoms with Crippen molar-refractivity contribution < 1.29 is 33.3 Å². The van der Waals surface area contributed by atoms with Gasteiger partial charge in [-0.3, -0.25) is 9.59 Å². The van der Waals surface area contributed by atoms with E-state index in [0.29, 0.717) is 34.9 Å². The van der Waals surface area contributed by atoms with Gasteiger partial charge < -0.3 is 29.2 Å². The van der Waals surface area contributed by atoms with Crippen LogP contribution in [0.3, 0.4) is 0 Å². The number of hydrogen-bond donors (Lipinski definition) is 1. The second kappa shape index (κ2) is 12.1. The van der Waals surface area contributed by atoms with Crippen LogP contribution in [-0.4, -0.2) is 64.2 Å². The van der Waals surface area contributed by atoms with E-state index in [1.165, 1.54) is 39.3 Å². The minimum atomic E-state index is -0.705. The normalized spacial score (nSPS) is 10.1. The number of anilines is 1. The number of nitrogens with zero attached hydrogens (tertiary/aromatic N) is 1. The third-order valence-corrected chi connectivity index (χ3v) is 4.64. The van der Waals surface area contributed by atoms with Gasteiger partial charge in [-0.15, -0.1) is 6.58 Å². The van der Waals surface area contributed by atoms with Gasteiger partial charge in [-0.05, 0) is 30.7 Å². The van der Waals surface area contributed by atoms with Gasteiger partial charge in [0.05, 0.1) is 33.4 Å². The standard InChI is InChI=1S/C24H28N2O7/c1-6-8-16-11-17(12-20(31-4)23(16)32-5)24(29)33-15-22(28)26(2)14-21(27)25-18-9-7-10-19(13-18)30-3/h6-7,9-13H,1,8,14-15H2,2-5H3,(H,25,27). The highest BCUT2D eigenvalue weighted by atomic mass is 16.5. The third kappa shape index (κ3) is 6.99. The molecule has 0 aliphatic rings. The predicted molar refractivity (Wildman–Crippen MR) is 123 cm³/mol. The number of rotatable bonds is 11. The molecule has 0 heterocycles. The highest BCUT2D eigenvalue weighted by Crippen LogP contribution is 2.33. The van der Waals surface area contributed by atoms with Crippen LogP contribution in [0.25, 0.3) is 0 Å². The van der Waals surface area contributed by atoms with E-state index in [9.17, 15) is 14.4 Å². The molecule has 0 spiro atoms. The second-order valence-electron chi connectivity index (χ2n) is 6.97. The van der Waals surface area contributed by atoms with Crippen molar-refractivity contribution in [1.82, 2.24) is 4.90 Å². The zero-order valence-electron chi connectivity index (χ0n) is 19.2. The van der Waals surface area contributed by atoms with Crippen molar-refractivity contribution >= 4 is 23.5 Å². The lowest BCUT2D eigenvalue weighted by molar-refractivity contribution is -0.136. The monoisotopic (exact) mass is 456 g/mol. The van der Waals surface area contributed by atoms with Gasteiger partial charge in [0.15, 0.2) is 18.1 Å². The molecule has 2 rings (SSSR count). The van der Waals surface area contributed by atoms with Gasteiger partial charge in [-0.2, -0.15) is 0 Å². The summed E-state index contributed by atoms with van der Waals surface area (Å²) in [7, 11) is 5.93. The number of allylic oxidation sites excluding steroid dienone is 1. The van der Waals surface area contributed by atoms with Crippen LogP contribution in [0.15, 0.2) is 49.1 Å². The van der Waals surface area contributed by atoms with Crippen molar-refractivity contribution in [2.75, 3.05) is 46.8 Å². The fourth-order valence-electron chi connectivity index (χ4n) is 2.99. The summed E-state index contributed by atoms with van der Waals surface area (Å²) in [6.07, 6.45) is 2.12. The SMILES string of the molecule is C=CCc1cc(C(=O)OCC(=O)N(C)CC(=O)Nc2cccc(OC)c2)cc(OC)c1OC. The fourth-order valence-corrected chi connectivity index (χ4v) is 2.99. The number of amides is 2. The van der Waals surface area contributed by atoms with Crippen LogP contribution < -0.4 is 19.5 Å². The Morgan fingerprint density at radius 2 is 1.82 bits per heavy atom. The Bertz CT molecular complexity index is 1020. The number of methoxy groups -OCH3 is 3. The van der Waals surface area contributed by atoms with Gasteiger partial charge in [0.2, 0.25) is 5.91 Å². The topological polar surface area (TPSA) is 103 Å². The van der Waals surface area contributed by atoms with Gasteiger partial charge in [0, 0.05) is 24.4 Å². The Kier molecular flexibility index (Phi) is 9.29. The Balaban J connectivity index is 1.96. The molecular weight excluding hydrogens is 428 g/mol. The predicted octanol–water partition coefficient (Wildman–Crippen LogP) is 2.69. The van der Waals surface area contributed by atoms with Gasteiger partial charge in [-0.25, -0.2) is 4.79 Å². The second-order valence-corrected chi connectivity index (χ2v) is 6.97. The van der Waals surface area contributed by atoms with Crippen molar-refractivity contribution in [3.05, 3.63) is 60.2 Å². The molecule has 0 atom stereocenters. The summed E-state index contributed by atoms with van der Waals surface area (Å²) >= 11 is 0. The molecule has 1 N–H and O–H groups in total. The maximum atomic E-state index is 12.5. The van der Waals surface area contributed by atoms with Crippen LogP contribution in [0, 0.1) is 0 Å². The van der Waals surface area contributed by atoms with Crippen molar-refractivity contribution in [2.24, 2.45) is 0 Å². The number of benzene rings is 2. The number of nitrogens with one attached hydrogen (secondary N) is 1. The number of ether oxygens (including phenoxy) is 4. The molecule has 0 aliphatic heterocycles. The summed E-state index contributed by atoms with van der Waals surface area (Å²) < 4.78 is 20.9. The van der Waals surface area contributed by atoms with Crippen LogP contribution in [-0.2, 0) is 20.7 Å². The van der Waals surface area contributed by atoms with Crippen LogP contribution in [0.4, 0.5) is 5.69 Å². The summed E-state index contributed by atoms with van der Waals surface area (Å²) in [5.41, 5.74) is 1.43. The lowest BCUT2D eigenvalue weighted by atomic mass is 10.1. The first-order valence-electron chi connectivity index (χ1n) is 10.0. The lowest BCUT2D eigenvalue weighted by Gasteiger charge is -2.17. The van der Waals surface area contributed by atoms with E-state index in [-0.39, 0.29) is 12.1 Å². The average Bonchev–Trinajstić information content (AvgIpc) is 2.81. The van der Waals surface area contributed by atoms with E-state index >= 15 is 0 Å². The number of carbonyl (C=O) groups is 3. The Morgan fingerprint density at radius 3 is 2.45 bits per heavy atom. The average molecular weight is 456 g/mol. The first-order chi connectivity index (χ1) is 15.8. The quantitative estimate of drug-likeness (QED) is 0.410. The molecule has 0 aliphatic carbocycles. The van der Waals surface area contributed by atoms with E-state index in [2.05, 4.69) is 11.9 Å². The molecule has 0 aromatic heterocycles. The molecule has 0 radical (unpaired) electrons. The van der Waals surface area contributed by atoms with E-state index in [1.807, 2.05) is 0 Å². The largest absolute Gasteiger partial charge is 0.497 e. The van der Waals surface area contributed by atoms with Gasteiger partial charge in [0.25, 0.3) is 5.91 Å². The summed E-state index contributed by atoms with van der Waals surface area (Å²) in [6, 6.07) is 9.92. The summed E-state index contributed by atoms with van der Waals surface area (Å²) in [4.78, 5) is 38.3. The van der Waals surface area contributed by atoms with Crippen LogP contribution in [0.5, 0.6) is 17.2 Å². The molecule has 2 amide bonds. The summed E-state index contributed by atoms with van der Waals surface area (Å²) in [5, 5.41) is 2.68. The highest BCUT2D eigenvalue weighted by Gasteiger charge is 2.19. The number of likely N-dealkylation sites (N-methyl/N-ethyl adjacent to an activating group) is 1. The van der Waals surface area contributed by atoms with Crippen molar-refractivity contribution in [3.8, 4) is 17.2 Å². The zero-order valence-corrected chi connectivity index (χ0v) is 19.2. The smallest absolute Gasteiger partial charge is 0.338 e. The van der Waals surface area contributed by atoms with Crippen LogP contribution >= 0.6 is 0 Å². The van der Waals surface area contributed by atoms with E-state index in [0.717, 1.165) is 0 Å². The molecule has 0 saturated heterocycles. The van der Waals surface area contributed by atoms with Crippen LogP contribution in [0.2, 0.25) is 0 Å².